The first-order valence-corrected chi connectivity index (χ1v) is 8.47. The molecule has 0 saturated carbocycles. The van der Waals surface area contributed by atoms with Gasteiger partial charge in [-0.05, 0) is 42.8 Å². The van der Waals surface area contributed by atoms with Crippen molar-refractivity contribution in [3.05, 3.63) is 71.7 Å². The van der Waals surface area contributed by atoms with E-state index in [1.54, 1.807) is 31.3 Å². The number of carboxylic acids is 1. The summed E-state index contributed by atoms with van der Waals surface area (Å²) in [6, 6.07) is 10.6. The summed E-state index contributed by atoms with van der Waals surface area (Å²) in [5.74, 6) is -1.05. The number of halogens is 3. The van der Waals surface area contributed by atoms with Gasteiger partial charge in [0.05, 0.1) is 23.1 Å². The number of pyridine rings is 1. The predicted octanol–water partition coefficient (Wildman–Crippen LogP) is 4.48. The Bertz CT molecular complexity index is 1250. The van der Waals surface area contributed by atoms with Gasteiger partial charge in [-0.1, -0.05) is 12.1 Å². The molecule has 0 aliphatic carbocycles. The van der Waals surface area contributed by atoms with Crippen molar-refractivity contribution in [2.75, 3.05) is 0 Å². The number of rotatable bonds is 3. The molecule has 3 aromatic heterocycles. The number of aryl methyl sites for hydroxylation is 1. The molecule has 146 valence electrons. The standard InChI is InChI=1S/C20H13F3N4O2/c1-11-4-5-12(9-14(11)19(28)29)16-10-27-17(25-16)7-6-15(26-27)13-3-2-8-24-18(13)20(21,22)23/h2-10H,1H3,(H,28,29). The lowest BCUT2D eigenvalue weighted by molar-refractivity contribution is -0.140. The van der Waals surface area contributed by atoms with Gasteiger partial charge in [0, 0.05) is 17.3 Å². The normalized spacial score (nSPS) is 11.7. The molecule has 0 bridgehead atoms. The average Bonchev–Trinajstić information content (AvgIpc) is 3.10. The van der Waals surface area contributed by atoms with Crippen LogP contribution in [0, 0.1) is 6.92 Å². The van der Waals surface area contributed by atoms with Crippen LogP contribution in [0.2, 0.25) is 0 Å². The van der Waals surface area contributed by atoms with Crippen LogP contribution in [0.4, 0.5) is 13.2 Å². The van der Waals surface area contributed by atoms with Crippen molar-refractivity contribution >= 4 is 11.6 Å². The number of alkyl halides is 3. The van der Waals surface area contributed by atoms with Crippen LogP contribution in [0.1, 0.15) is 21.6 Å². The monoisotopic (exact) mass is 398 g/mol. The van der Waals surface area contributed by atoms with Crippen molar-refractivity contribution in [1.29, 1.82) is 0 Å². The molecule has 0 aliphatic rings. The second-order valence-electron chi connectivity index (χ2n) is 6.38. The zero-order valence-corrected chi connectivity index (χ0v) is 15.0. The van der Waals surface area contributed by atoms with Crippen LogP contribution in [0.3, 0.4) is 0 Å². The van der Waals surface area contributed by atoms with Gasteiger partial charge in [0.25, 0.3) is 0 Å². The summed E-state index contributed by atoms with van der Waals surface area (Å²) in [5.41, 5.74) is 1.14. The van der Waals surface area contributed by atoms with Gasteiger partial charge in [0.15, 0.2) is 11.3 Å². The molecule has 29 heavy (non-hydrogen) atoms. The van der Waals surface area contributed by atoms with Crippen LogP contribution in [-0.4, -0.2) is 30.7 Å². The SMILES string of the molecule is Cc1ccc(-c2cn3nc(-c4cccnc4C(F)(F)F)ccc3n2)cc1C(=O)O. The molecule has 6 nitrogen and oxygen atoms in total. The third-order valence-electron chi connectivity index (χ3n) is 4.44. The number of fused-ring (bicyclic) bond motifs is 1. The minimum absolute atomic E-state index is 0.0945. The van der Waals surface area contributed by atoms with Gasteiger partial charge < -0.3 is 5.11 Å². The number of hydrogen-bond acceptors (Lipinski definition) is 4. The van der Waals surface area contributed by atoms with Crippen LogP contribution in [0.5, 0.6) is 0 Å². The fraction of sp³-hybridized carbons (Fsp3) is 0.100. The number of carbonyl (C=O) groups is 1. The zero-order chi connectivity index (χ0) is 20.8. The second-order valence-corrected chi connectivity index (χ2v) is 6.38. The van der Waals surface area contributed by atoms with E-state index in [0.29, 0.717) is 22.5 Å². The van der Waals surface area contributed by atoms with Crippen molar-refractivity contribution in [2.45, 2.75) is 13.1 Å². The highest BCUT2D eigenvalue weighted by Gasteiger charge is 2.35. The summed E-state index contributed by atoms with van der Waals surface area (Å²) < 4.78 is 41.1. The Morgan fingerprint density at radius 2 is 1.90 bits per heavy atom. The van der Waals surface area contributed by atoms with E-state index in [1.165, 1.54) is 28.8 Å². The molecule has 0 fully saturated rings. The lowest BCUT2D eigenvalue weighted by Gasteiger charge is -2.10. The largest absolute Gasteiger partial charge is 0.478 e. The lowest BCUT2D eigenvalue weighted by Crippen LogP contribution is -2.10. The van der Waals surface area contributed by atoms with E-state index in [1.807, 2.05) is 0 Å². The number of aromatic carboxylic acids is 1. The molecular weight excluding hydrogens is 385 g/mol. The summed E-state index contributed by atoms with van der Waals surface area (Å²) in [5, 5.41) is 13.5. The smallest absolute Gasteiger partial charge is 0.434 e. The van der Waals surface area contributed by atoms with Gasteiger partial charge in [0.2, 0.25) is 0 Å². The van der Waals surface area contributed by atoms with Gasteiger partial charge in [-0.2, -0.15) is 18.3 Å². The Kier molecular flexibility index (Phi) is 4.30. The zero-order valence-electron chi connectivity index (χ0n) is 15.0. The van der Waals surface area contributed by atoms with Crippen molar-refractivity contribution in [1.82, 2.24) is 19.6 Å². The third kappa shape index (κ3) is 3.42. The molecule has 4 aromatic rings. The first kappa shape index (κ1) is 18.6. The minimum Gasteiger partial charge on any atom is -0.478 e. The number of nitrogens with zero attached hydrogens (tertiary/aromatic N) is 4. The Labute approximate surface area is 162 Å². The van der Waals surface area contributed by atoms with Crippen molar-refractivity contribution in [3.8, 4) is 22.5 Å². The van der Waals surface area contributed by atoms with Crippen molar-refractivity contribution < 1.29 is 23.1 Å². The summed E-state index contributed by atoms with van der Waals surface area (Å²) in [7, 11) is 0. The Morgan fingerprint density at radius 1 is 1.10 bits per heavy atom. The van der Waals surface area contributed by atoms with E-state index in [2.05, 4.69) is 15.1 Å². The third-order valence-corrected chi connectivity index (χ3v) is 4.44. The van der Waals surface area contributed by atoms with Crippen molar-refractivity contribution in [3.63, 3.8) is 0 Å². The number of hydrogen-bond donors (Lipinski definition) is 1. The molecule has 4 rings (SSSR count). The molecule has 9 heteroatoms. The van der Waals surface area contributed by atoms with Gasteiger partial charge in [-0.3, -0.25) is 4.98 Å². The molecule has 3 heterocycles. The van der Waals surface area contributed by atoms with Crippen LogP contribution in [0.25, 0.3) is 28.2 Å². The topological polar surface area (TPSA) is 80.4 Å². The molecule has 1 aromatic carbocycles. The molecule has 0 saturated heterocycles. The maximum atomic E-state index is 13.3. The minimum atomic E-state index is -4.61. The van der Waals surface area contributed by atoms with E-state index >= 15 is 0 Å². The average molecular weight is 398 g/mol. The van der Waals surface area contributed by atoms with E-state index in [9.17, 15) is 23.1 Å². The highest BCUT2D eigenvalue weighted by molar-refractivity contribution is 5.91. The Morgan fingerprint density at radius 3 is 2.62 bits per heavy atom. The van der Waals surface area contributed by atoms with E-state index in [4.69, 9.17) is 0 Å². The molecule has 1 N–H and O–H groups in total. The quantitative estimate of drug-likeness (QED) is 0.550. The summed E-state index contributed by atoms with van der Waals surface area (Å²) >= 11 is 0. The maximum absolute atomic E-state index is 13.3. The lowest BCUT2D eigenvalue weighted by atomic mass is 10.0. The molecule has 0 amide bonds. The van der Waals surface area contributed by atoms with Gasteiger partial charge in [0.1, 0.15) is 0 Å². The van der Waals surface area contributed by atoms with Crippen LogP contribution >= 0.6 is 0 Å². The van der Waals surface area contributed by atoms with E-state index < -0.39 is 17.8 Å². The number of carboxylic acid groups (broad SMARTS) is 1. The summed E-state index contributed by atoms with van der Waals surface area (Å²) in [4.78, 5) is 19.2. The summed E-state index contributed by atoms with van der Waals surface area (Å²) in [6.07, 6.45) is -1.99. The number of benzene rings is 1. The first-order chi connectivity index (χ1) is 13.7. The highest BCUT2D eigenvalue weighted by Crippen LogP contribution is 2.34. The maximum Gasteiger partial charge on any atom is 0.434 e. The molecule has 0 aliphatic heterocycles. The molecule has 0 atom stereocenters. The molecule has 0 spiro atoms. The van der Waals surface area contributed by atoms with E-state index in [0.717, 1.165) is 6.20 Å². The summed E-state index contributed by atoms with van der Waals surface area (Å²) in [6.45, 7) is 1.69. The van der Waals surface area contributed by atoms with Crippen molar-refractivity contribution in [2.24, 2.45) is 0 Å². The predicted molar refractivity (Wildman–Crippen MR) is 98.4 cm³/mol. The Hall–Kier alpha value is -3.75. The number of aromatic nitrogens is 4. The molecule has 0 radical (unpaired) electrons. The fourth-order valence-corrected chi connectivity index (χ4v) is 3.01. The van der Waals surface area contributed by atoms with Crippen LogP contribution < -0.4 is 0 Å². The van der Waals surface area contributed by atoms with Gasteiger partial charge >= 0.3 is 12.1 Å². The van der Waals surface area contributed by atoms with E-state index in [-0.39, 0.29) is 16.8 Å². The van der Waals surface area contributed by atoms with Crippen LogP contribution in [0.15, 0.2) is 54.9 Å². The molecule has 0 unspecified atom stereocenters. The highest BCUT2D eigenvalue weighted by atomic mass is 19.4. The number of imidazole rings is 1. The Balaban J connectivity index is 1.81. The van der Waals surface area contributed by atoms with Gasteiger partial charge in [-0.25, -0.2) is 14.3 Å². The fourth-order valence-electron chi connectivity index (χ4n) is 3.01. The molecular formula is C20H13F3N4O2. The van der Waals surface area contributed by atoms with Crippen LogP contribution in [-0.2, 0) is 6.18 Å². The van der Waals surface area contributed by atoms with Gasteiger partial charge in [-0.15, -0.1) is 0 Å². The first-order valence-electron chi connectivity index (χ1n) is 8.47. The second kappa shape index (κ2) is 6.69.